The second-order valence-electron chi connectivity index (χ2n) is 8.41. The van der Waals surface area contributed by atoms with Crippen molar-refractivity contribution in [2.75, 3.05) is 25.0 Å². The molecule has 0 bridgehead atoms. The molecule has 0 atom stereocenters. The van der Waals surface area contributed by atoms with Crippen LogP contribution in [-0.2, 0) is 0 Å². The number of pyridine rings is 1. The number of halogens is 2. The molecule has 0 spiro atoms. The van der Waals surface area contributed by atoms with E-state index in [4.69, 9.17) is 0 Å². The molecule has 1 aliphatic heterocycles. The highest BCUT2D eigenvalue weighted by Gasteiger charge is 2.31. The van der Waals surface area contributed by atoms with Crippen LogP contribution >= 0.6 is 0 Å². The Morgan fingerprint density at radius 3 is 2.75 bits per heavy atom. The molecular formula is C22H24F2N8. The van der Waals surface area contributed by atoms with Crippen molar-refractivity contribution in [1.82, 2.24) is 35.1 Å². The lowest BCUT2D eigenvalue weighted by Gasteiger charge is -2.38. The Balaban J connectivity index is 1.50. The zero-order valence-electron chi connectivity index (χ0n) is 17.8. The van der Waals surface area contributed by atoms with Crippen molar-refractivity contribution in [3.63, 3.8) is 0 Å². The summed E-state index contributed by atoms with van der Waals surface area (Å²) in [6.07, 6.45) is 5.01. The van der Waals surface area contributed by atoms with Crippen LogP contribution in [0.3, 0.4) is 0 Å². The van der Waals surface area contributed by atoms with Crippen molar-refractivity contribution in [1.29, 1.82) is 0 Å². The van der Waals surface area contributed by atoms with Crippen molar-refractivity contribution >= 4 is 16.6 Å². The van der Waals surface area contributed by atoms with Gasteiger partial charge >= 0.3 is 0 Å². The van der Waals surface area contributed by atoms with Gasteiger partial charge in [-0.05, 0) is 31.5 Å². The third-order valence-corrected chi connectivity index (χ3v) is 5.63. The highest BCUT2D eigenvalue weighted by molar-refractivity contribution is 6.00. The number of aromatic nitrogens is 6. The Morgan fingerprint density at radius 1 is 1.19 bits per heavy atom. The number of H-pyrrole nitrogens is 1. The summed E-state index contributed by atoms with van der Waals surface area (Å²) in [6.45, 7) is 5.06. The van der Waals surface area contributed by atoms with Crippen LogP contribution in [0, 0.1) is 0 Å². The molecule has 4 aromatic rings. The van der Waals surface area contributed by atoms with Crippen molar-refractivity contribution in [3.05, 3.63) is 43.0 Å². The smallest absolute Gasteiger partial charge is 0.251 e. The van der Waals surface area contributed by atoms with Crippen molar-refractivity contribution in [2.45, 2.75) is 32.4 Å². The lowest BCUT2D eigenvalue weighted by atomic mass is 10.0. The summed E-state index contributed by atoms with van der Waals surface area (Å²) < 4.78 is 26.9. The van der Waals surface area contributed by atoms with Crippen LogP contribution < -0.4 is 5.32 Å². The van der Waals surface area contributed by atoms with Crippen LogP contribution in [0.15, 0.2) is 43.0 Å². The highest BCUT2D eigenvalue weighted by Crippen LogP contribution is 2.36. The largest absolute Gasteiger partial charge is 0.382 e. The molecule has 1 fully saturated rings. The number of anilines is 1. The van der Waals surface area contributed by atoms with E-state index in [1.807, 2.05) is 30.7 Å². The summed E-state index contributed by atoms with van der Waals surface area (Å²) in [6, 6.07) is 6.37. The van der Waals surface area contributed by atoms with Crippen molar-refractivity contribution in [3.8, 4) is 22.4 Å². The minimum atomic E-state index is -2.32. The molecule has 10 heteroatoms. The quantitative estimate of drug-likeness (QED) is 0.456. The summed E-state index contributed by atoms with van der Waals surface area (Å²) in [4.78, 5) is 6.37. The molecule has 0 unspecified atom stereocenters. The van der Waals surface area contributed by atoms with Gasteiger partial charge in [-0.1, -0.05) is 11.3 Å². The van der Waals surface area contributed by atoms with E-state index in [1.165, 1.54) is 0 Å². The lowest BCUT2D eigenvalue weighted by Crippen LogP contribution is -2.49. The van der Waals surface area contributed by atoms with E-state index >= 15 is 0 Å². The number of hydrogen-bond acceptors (Lipinski definition) is 6. The van der Waals surface area contributed by atoms with Gasteiger partial charge in [0, 0.05) is 48.0 Å². The number of benzene rings is 1. The van der Waals surface area contributed by atoms with E-state index in [1.54, 1.807) is 15.8 Å². The molecule has 1 aliphatic rings. The molecule has 0 amide bonds. The molecule has 4 heterocycles. The van der Waals surface area contributed by atoms with Gasteiger partial charge in [-0.2, -0.15) is 5.10 Å². The Kier molecular flexibility index (Phi) is 5.30. The number of likely N-dealkylation sites (tertiary alicyclic amines) is 1. The van der Waals surface area contributed by atoms with Crippen LogP contribution in [0.4, 0.5) is 14.5 Å². The molecule has 0 aliphatic carbocycles. The SMILES string of the molecule is CC(C)Nc1c(-c2cn(C3CN(CC(F)F)C3)nn2)cnc2ccc(-c3cn[nH]c3)cc12. The van der Waals surface area contributed by atoms with Gasteiger partial charge in [0.05, 0.1) is 36.2 Å². The van der Waals surface area contributed by atoms with E-state index in [2.05, 4.69) is 50.7 Å². The Hall–Kier alpha value is -3.40. The van der Waals surface area contributed by atoms with E-state index in [-0.39, 0.29) is 18.6 Å². The molecule has 166 valence electrons. The van der Waals surface area contributed by atoms with E-state index in [0.717, 1.165) is 33.3 Å². The summed E-state index contributed by atoms with van der Waals surface area (Å²) in [5, 5.41) is 20.1. The first-order chi connectivity index (χ1) is 15.5. The summed E-state index contributed by atoms with van der Waals surface area (Å²) in [5.41, 5.74) is 5.40. The molecule has 0 radical (unpaired) electrons. The van der Waals surface area contributed by atoms with Gasteiger partial charge in [0.2, 0.25) is 0 Å². The minimum Gasteiger partial charge on any atom is -0.382 e. The maximum Gasteiger partial charge on any atom is 0.251 e. The maximum atomic E-state index is 12.6. The van der Waals surface area contributed by atoms with Crippen LogP contribution in [-0.4, -0.2) is 67.2 Å². The number of nitrogens with one attached hydrogen (secondary N) is 2. The standard InChI is InChI=1S/C22H24F2N8/c1-13(2)28-22-17-5-14(15-6-26-27-7-15)3-4-19(17)25-8-18(22)20-11-32(30-29-20)16-9-31(10-16)12-21(23)24/h3-8,11,13,16,21H,9-10,12H2,1-2H3,(H,25,28)(H,26,27). The fourth-order valence-corrected chi connectivity index (χ4v) is 4.05. The topological polar surface area (TPSA) is 87.6 Å². The maximum absolute atomic E-state index is 12.6. The summed E-state index contributed by atoms with van der Waals surface area (Å²) >= 11 is 0. The number of rotatable bonds is 7. The van der Waals surface area contributed by atoms with Crippen LogP contribution in [0.5, 0.6) is 0 Å². The molecule has 2 N–H and O–H groups in total. The lowest BCUT2D eigenvalue weighted by molar-refractivity contribution is 0.0254. The number of hydrogen-bond donors (Lipinski definition) is 2. The Bertz CT molecular complexity index is 1210. The second kappa shape index (κ2) is 8.27. The van der Waals surface area contributed by atoms with Crippen LogP contribution in [0.2, 0.25) is 0 Å². The average molecular weight is 438 g/mol. The van der Waals surface area contributed by atoms with E-state index < -0.39 is 6.43 Å². The summed E-state index contributed by atoms with van der Waals surface area (Å²) in [5.74, 6) is 0. The molecule has 0 saturated carbocycles. The van der Waals surface area contributed by atoms with Crippen molar-refractivity contribution in [2.24, 2.45) is 0 Å². The third-order valence-electron chi connectivity index (χ3n) is 5.63. The fraction of sp³-hybridized carbons (Fsp3) is 0.364. The van der Waals surface area contributed by atoms with Gasteiger partial charge in [-0.15, -0.1) is 5.10 Å². The first kappa shape index (κ1) is 20.5. The molecule has 1 saturated heterocycles. The van der Waals surface area contributed by atoms with Gasteiger partial charge in [-0.25, -0.2) is 13.5 Å². The molecule has 1 aromatic carbocycles. The van der Waals surface area contributed by atoms with E-state index in [9.17, 15) is 8.78 Å². The zero-order chi connectivity index (χ0) is 22.2. The number of fused-ring (bicyclic) bond motifs is 1. The first-order valence-electron chi connectivity index (χ1n) is 10.6. The molecule has 5 rings (SSSR count). The van der Waals surface area contributed by atoms with Gasteiger partial charge in [0.25, 0.3) is 6.43 Å². The molecule has 32 heavy (non-hydrogen) atoms. The van der Waals surface area contributed by atoms with Gasteiger partial charge in [0.1, 0.15) is 5.69 Å². The first-order valence-corrected chi connectivity index (χ1v) is 10.6. The molecular weight excluding hydrogens is 414 g/mol. The number of aromatic amines is 1. The monoisotopic (exact) mass is 438 g/mol. The fourth-order valence-electron chi connectivity index (χ4n) is 4.05. The number of alkyl halides is 2. The van der Waals surface area contributed by atoms with Gasteiger partial charge in [-0.3, -0.25) is 15.0 Å². The van der Waals surface area contributed by atoms with Gasteiger partial charge in [0.15, 0.2) is 0 Å². The normalized spacial score (nSPS) is 15.1. The predicted octanol–water partition coefficient (Wildman–Crippen LogP) is 3.83. The van der Waals surface area contributed by atoms with Gasteiger partial charge < -0.3 is 5.32 Å². The second-order valence-corrected chi connectivity index (χ2v) is 8.41. The van der Waals surface area contributed by atoms with Crippen LogP contribution in [0.1, 0.15) is 19.9 Å². The van der Waals surface area contributed by atoms with Crippen LogP contribution in [0.25, 0.3) is 33.3 Å². The minimum absolute atomic E-state index is 0.0533. The molecule has 8 nitrogen and oxygen atoms in total. The van der Waals surface area contributed by atoms with E-state index in [0.29, 0.717) is 18.8 Å². The average Bonchev–Trinajstić information content (AvgIpc) is 3.42. The van der Waals surface area contributed by atoms with Crippen molar-refractivity contribution < 1.29 is 8.78 Å². The number of nitrogens with zero attached hydrogens (tertiary/aromatic N) is 6. The molecule has 3 aromatic heterocycles. The Morgan fingerprint density at radius 2 is 2.03 bits per heavy atom. The zero-order valence-corrected chi connectivity index (χ0v) is 17.8. The highest BCUT2D eigenvalue weighted by atomic mass is 19.3. The third kappa shape index (κ3) is 3.93. The Labute approximate surface area is 183 Å². The summed E-state index contributed by atoms with van der Waals surface area (Å²) in [7, 11) is 0. The predicted molar refractivity (Wildman–Crippen MR) is 119 cm³/mol.